The van der Waals surface area contributed by atoms with Crippen molar-refractivity contribution in [2.24, 2.45) is 0 Å². The fraction of sp³-hybridized carbons (Fsp3) is 0.600. The van der Waals surface area contributed by atoms with E-state index < -0.39 is 0 Å². The van der Waals surface area contributed by atoms with Gasteiger partial charge in [-0.25, -0.2) is 0 Å². The first-order valence-electron chi connectivity index (χ1n) is 6.52. The van der Waals surface area contributed by atoms with Gasteiger partial charge in [-0.15, -0.1) is 11.8 Å². The Balaban J connectivity index is 2.86. The van der Waals surface area contributed by atoms with Crippen LogP contribution in [0.3, 0.4) is 0 Å². The van der Waals surface area contributed by atoms with Gasteiger partial charge < -0.3 is 5.32 Å². The van der Waals surface area contributed by atoms with Crippen LogP contribution in [0, 0.1) is 0 Å². The van der Waals surface area contributed by atoms with Crippen LogP contribution < -0.4 is 5.32 Å². The van der Waals surface area contributed by atoms with Crippen molar-refractivity contribution in [3.05, 3.63) is 28.8 Å². The van der Waals surface area contributed by atoms with Crippen LogP contribution >= 0.6 is 23.4 Å². The summed E-state index contributed by atoms with van der Waals surface area (Å²) >= 11 is 8.21. The lowest BCUT2D eigenvalue weighted by Gasteiger charge is -2.22. The molecule has 0 aliphatic carbocycles. The van der Waals surface area contributed by atoms with Gasteiger partial charge in [-0.1, -0.05) is 37.6 Å². The minimum atomic E-state index is 0.126. The van der Waals surface area contributed by atoms with E-state index in [1.165, 1.54) is 10.5 Å². The highest BCUT2D eigenvalue weighted by Gasteiger charge is 2.14. The zero-order valence-electron chi connectivity index (χ0n) is 12.0. The van der Waals surface area contributed by atoms with Crippen molar-refractivity contribution in [2.75, 3.05) is 0 Å². The molecule has 0 fully saturated rings. The molecule has 18 heavy (non-hydrogen) atoms. The Labute approximate surface area is 121 Å². The van der Waals surface area contributed by atoms with E-state index in [0.717, 1.165) is 18.0 Å². The van der Waals surface area contributed by atoms with Gasteiger partial charge in [-0.3, -0.25) is 0 Å². The first-order valence-corrected chi connectivity index (χ1v) is 7.78. The molecule has 0 bridgehead atoms. The van der Waals surface area contributed by atoms with E-state index in [2.05, 4.69) is 46.0 Å². The Morgan fingerprint density at radius 1 is 1.33 bits per heavy atom. The summed E-state index contributed by atoms with van der Waals surface area (Å²) in [5.41, 5.74) is 1.42. The van der Waals surface area contributed by atoms with E-state index in [9.17, 15) is 0 Å². The molecule has 1 rings (SSSR count). The number of hydrogen-bond donors (Lipinski definition) is 1. The minimum Gasteiger partial charge on any atom is -0.308 e. The fourth-order valence-corrected chi connectivity index (χ4v) is 2.84. The molecule has 0 spiro atoms. The summed E-state index contributed by atoms with van der Waals surface area (Å²) in [6, 6.07) is 6.17. The maximum absolute atomic E-state index is 6.33. The van der Waals surface area contributed by atoms with Crippen LogP contribution in [0.25, 0.3) is 0 Å². The average Bonchev–Trinajstić information content (AvgIpc) is 2.28. The predicted molar refractivity (Wildman–Crippen MR) is 83.7 cm³/mol. The highest BCUT2D eigenvalue weighted by atomic mass is 35.5. The first kappa shape index (κ1) is 15.9. The highest BCUT2D eigenvalue weighted by Crippen LogP contribution is 2.34. The summed E-state index contributed by atoms with van der Waals surface area (Å²) in [6.07, 6.45) is 1.15. The van der Waals surface area contributed by atoms with Crippen LogP contribution in [0.4, 0.5) is 0 Å². The molecule has 0 radical (unpaired) electrons. The Morgan fingerprint density at radius 2 is 2.00 bits per heavy atom. The second-order valence-corrected chi connectivity index (χ2v) is 7.52. The third-order valence-corrected chi connectivity index (χ3v) is 4.63. The summed E-state index contributed by atoms with van der Waals surface area (Å²) in [5, 5.41) is 4.99. The molecule has 1 N–H and O–H groups in total. The molecular formula is C15H24ClNS. The Morgan fingerprint density at radius 3 is 2.56 bits per heavy atom. The van der Waals surface area contributed by atoms with Gasteiger partial charge in [0.2, 0.25) is 0 Å². The number of halogens is 1. The summed E-state index contributed by atoms with van der Waals surface area (Å²) in [4.78, 5) is 1.23. The number of rotatable bonds is 5. The van der Waals surface area contributed by atoms with Gasteiger partial charge in [0.1, 0.15) is 0 Å². The smallest absolute Gasteiger partial charge is 0.0545 e. The highest BCUT2D eigenvalue weighted by molar-refractivity contribution is 8.00. The molecule has 3 heteroatoms. The van der Waals surface area contributed by atoms with E-state index in [1.54, 1.807) is 0 Å². The van der Waals surface area contributed by atoms with Crippen molar-refractivity contribution < 1.29 is 0 Å². The van der Waals surface area contributed by atoms with Crippen molar-refractivity contribution in [2.45, 2.75) is 63.3 Å². The van der Waals surface area contributed by atoms with Crippen molar-refractivity contribution in [1.82, 2.24) is 5.32 Å². The SMILES string of the molecule is CCC(C)Sc1c(Cl)cccc1CNC(C)(C)C. The molecule has 0 heterocycles. The normalized spacial score (nSPS) is 13.7. The molecule has 0 aliphatic heterocycles. The van der Waals surface area contributed by atoms with E-state index >= 15 is 0 Å². The molecule has 1 aromatic carbocycles. The Hall–Kier alpha value is -0.180. The second-order valence-electron chi connectivity index (χ2n) is 5.67. The molecule has 1 aromatic rings. The third kappa shape index (κ3) is 5.21. The van der Waals surface area contributed by atoms with Gasteiger partial charge in [0.25, 0.3) is 0 Å². The first-order chi connectivity index (χ1) is 8.33. The van der Waals surface area contributed by atoms with E-state index in [0.29, 0.717) is 5.25 Å². The number of thioether (sulfide) groups is 1. The minimum absolute atomic E-state index is 0.126. The molecule has 0 saturated heterocycles. The lowest BCUT2D eigenvalue weighted by molar-refractivity contribution is 0.422. The van der Waals surface area contributed by atoms with E-state index in [1.807, 2.05) is 23.9 Å². The van der Waals surface area contributed by atoms with E-state index in [4.69, 9.17) is 11.6 Å². The van der Waals surface area contributed by atoms with Crippen LogP contribution in [0.1, 0.15) is 46.6 Å². The molecule has 0 aromatic heterocycles. The molecule has 0 aliphatic rings. The Bertz CT molecular complexity index is 385. The van der Waals surface area contributed by atoms with Gasteiger partial charge in [0.15, 0.2) is 0 Å². The molecule has 0 saturated carbocycles. The van der Waals surface area contributed by atoms with Gasteiger partial charge >= 0.3 is 0 Å². The summed E-state index contributed by atoms with van der Waals surface area (Å²) < 4.78 is 0. The van der Waals surface area contributed by atoms with Crippen LogP contribution in [0.15, 0.2) is 23.1 Å². The van der Waals surface area contributed by atoms with Crippen molar-refractivity contribution in [3.63, 3.8) is 0 Å². The lowest BCUT2D eigenvalue weighted by Crippen LogP contribution is -2.35. The monoisotopic (exact) mass is 285 g/mol. The van der Waals surface area contributed by atoms with Crippen molar-refractivity contribution in [1.29, 1.82) is 0 Å². The predicted octanol–water partition coefficient (Wildman–Crippen LogP) is 5.12. The number of nitrogens with one attached hydrogen (secondary N) is 1. The lowest BCUT2D eigenvalue weighted by atomic mass is 10.1. The number of benzene rings is 1. The summed E-state index contributed by atoms with van der Waals surface area (Å²) in [7, 11) is 0. The molecule has 1 unspecified atom stereocenters. The molecule has 102 valence electrons. The van der Waals surface area contributed by atoms with Gasteiger partial charge in [-0.2, -0.15) is 0 Å². The maximum atomic E-state index is 6.33. The van der Waals surface area contributed by atoms with Crippen molar-refractivity contribution in [3.8, 4) is 0 Å². The zero-order valence-corrected chi connectivity index (χ0v) is 13.6. The molecular weight excluding hydrogens is 262 g/mol. The van der Waals surface area contributed by atoms with Crippen LogP contribution in [0.5, 0.6) is 0 Å². The molecule has 1 nitrogen and oxygen atoms in total. The maximum Gasteiger partial charge on any atom is 0.0545 e. The topological polar surface area (TPSA) is 12.0 Å². The average molecular weight is 286 g/mol. The van der Waals surface area contributed by atoms with Crippen LogP contribution in [-0.2, 0) is 6.54 Å². The quantitative estimate of drug-likeness (QED) is 0.754. The number of hydrogen-bond acceptors (Lipinski definition) is 2. The summed E-state index contributed by atoms with van der Waals surface area (Å²) in [5.74, 6) is 0. The van der Waals surface area contributed by atoms with Crippen LogP contribution in [0.2, 0.25) is 5.02 Å². The Kier molecular flexibility index (Phi) is 6.03. The third-order valence-electron chi connectivity index (χ3n) is 2.75. The van der Waals surface area contributed by atoms with Gasteiger partial charge in [0, 0.05) is 22.2 Å². The zero-order chi connectivity index (χ0) is 13.8. The largest absolute Gasteiger partial charge is 0.308 e. The van der Waals surface area contributed by atoms with Crippen molar-refractivity contribution >= 4 is 23.4 Å². The summed E-state index contributed by atoms with van der Waals surface area (Å²) in [6.45, 7) is 11.9. The van der Waals surface area contributed by atoms with Gasteiger partial charge in [0.05, 0.1) is 5.02 Å². The standard InChI is InChI=1S/C15H24ClNS/c1-6-11(2)18-14-12(8-7-9-13(14)16)10-17-15(3,4)5/h7-9,11,17H,6,10H2,1-5H3. The van der Waals surface area contributed by atoms with E-state index in [-0.39, 0.29) is 5.54 Å². The molecule has 1 atom stereocenters. The second kappa shape index (κ2) is 6.83. The fourth-order valence-electron chi connectivity index (χ4n) is 1.47. The van der Waals surface area contributed by atoms with Gasteiger partial charge in [-0.05, 0) is 38.8 Å². The molecule has 0 amide bonds. The van der Waals surface area contributed by atoms with Crippen LogP contribution in [-0.4, -0.2) is 10.8 Å².